The van der Waals surface area contributed by atoms with Crippen LogP contribution in [0.15, 0.2) is 0 Å². The second-order valence-corrected chi connectivity index (χ2v) is 5.61. The fraction of sp³-hybridized carbons (Fsp3) is 1.00. The lowest BCUT2D eigenvalue weighted by molar-refractivity contribution is 0.285. The van der Waals surface area contributed by atoms with E-state index in [1.165, 1.54) is 0 Å². The molecular weight excluding hydrogens is 227 g/mol. The summed E-state index contributed by atoms with van der Waals surface area (Å²) in [5, 5.41) is 6.36. The van der Waals surface area contributed by atoms with Crippen LogP contribution < -0.4 is 0 Å². The van der Waals surface area contributed by atoms with E-state index in [4.69, 9.17) is 16.7 Å². The molecule has 8 heteroatoms. The Morgan fingerprint density at radius 1 is 1.17 bits per heavy atom. The summed E-state index contributed by atoms with van der Waals surface area (Å²) < 4.78 is 58.1. The molecule has 1 atom stereocenters. The van der Waals surface area contributed by atoms with Gasteiger partial charge in [-0.1, -0.05) is 19.4 Å². The minimum Gasteiger partial charge on any atom is -0.396 e. The van der Waals surface area contributed by atoms with Gasteiger partial charge >= 0.3 is 0 Å². The highest BCUT2D eigenvalue weighted by atomic mass is 35.5. The molecule has 0 aromatic carbocycles. The summed E-state index contributed by atoms with van der Waals surface area (Å²) in [7, 11) is -9.39. The van der Waals surface area contributed by atoms with Crippen molar-refractivity contribution in [1.82, 2.24) is 0 Å². The third-order valence-corrected chi connectivity index (χ3v) is 2.53. The van der Waals surface area contributed by atoms with Gasteiger partial charge in [-0.25, -0.2) is 0 Å². The van der Waals surface area contributed by atoms with Crippen molar-refractivity contribution in [1.29, 1.82) is 0 Å². The Morgan fingerprint density at radius 3 is 1.83 bits per heavy atom. The summed E-state index contributed by atoms with van der Waals surface area (Å²) in [6.45, 7) is -0.637. The molecule has 1 N–H and O–H groups in total. The average molecular weight is 235 g/mol. The van der Waals surface area contributed by atoms with Crippen molar-refractivity contribution in [3.63, 3.8) is 0 Å². The summed E-state index contributed by atoms with van der Waals surface area (Å²) >= 11 is 4.91. The van der Waals surface area contributed by atoms with Crippen molar-refractivity contribution in [3.8, 4) is 0 Å². The monoisotopic (exact) mass is 234 g/mol. The van der Waals surface area contributed by atoms with Crippen LogP contribution in [0, 0.1) is 0 Å². The maximum absolute atomic E-state index is 11.6. The molecule has 0 aromatic rings. The highest BCUT2D eigenvalue weighted by Gasteiger charge is 2.63. The van der Waals surface area contributed by atoms with Gasteiger partial charge in [-0.2, -0.15) is 0 Å². The standard InChI is InChI=1S/C4H8ClF5OS/c5-4(1-2-11)3-12(6,7,8,9)10/h4,11H,1-3H2. The predicted molar refractivity (Wildman–Crippen MR) is 39.3 cm³/mol. The summed E-state index contributed by atoms with van der Waals surface area (Å²) in [6.07, 6.45) is -0.493. The average Bonchev–Trinajstić information content (AvgIpc) is 1.54. The minimum absolute atomic E-state index is 0.493. The fourth-order valence-corrected chi connectivity index (χ4v) is 2.23. The molecule has 0 aliphatic heterocycles. The second kappa shape index (κ2) is 2.62. The Balaban J connectivity index is 4.27. The molecule has 0 saturated carbocycles. The van der Waals surface area contributed by atoms with E-state index in [1.807, 2.05) is 0 Å². The SMILES string of the molecule is OCCC(Cl)CS(F)(F)(F)(F)F. The van der Waals surface area contributed by atoms with E-state index in [-0.39, 0.29) is 0 Å². The van der Waals surface area contributed by atoms with E-state index < -0.39 is 34.4 Å². The Bertz CT molecular complexity index is 163. The first-order valence-electron chi connectivity index (χ1n) is 2.91. The van der Waals surface area contributed by atoms with Gasteiger partial charge in [-0.3, -0.25) is 0 Å². The van der Waals surface area contributed by atoms with Crippen molar-refractivity contribution in [2.24, 2.45) is 0 Å². The lowest BCUT2D eigenvalue weighted by Gasteiger charge is -2.41. The summed E-state index contributed by atoms with van der Waals surface area (Å²) in [5.41, 5.74) is 0. The van der Waals surface area contributed by atoms with E-state index in [9.17, 15) is 19.4 Å². The molecule has 1 unspecified atom stereocenters. The topological polar surface area (TPSA) is 20.2 Å². The normalized spacial score (nSPS) is 21.2. The van der Waals surface area contributed by atoms with Gasteiger partial charge in [0.15, 0.2) is 0 Å². The zero-order valence-corrected chi connectivity index (χ0v) is 7.39. The number of rotatable bonds is 4. The Morgan fingerprint density at radius 2 is 1.58 bits per heavy atom. The van der Waals surface area contributed by atoms with Gasteiger partial charge in [0.05, 0.1) is 5.38 Å². The first-order valence-corrected chi connectivity index (χ1v) is 5.47. The van der Waals surface area contributed by atoms with Crippen molar-refractivity contribution >= 4 is 21.8 Å². The van der Waals surface area contributed by atoms with E-state index in [0.717, 1.165) is 0 Å². The van der Waals surface area contributed by atoms with Crippen LogP contribution in [0.25, 0.3) is 0 Å². The molecule has 0 bridgehead atoms. The Kier molecular flexibility index (Phi) is 2.67. The molecule has 0 aromatic heterocycles. The van der Waals surface area contributed by atoms with Gasteiger partial charge in [0, 0.05) is 6.61 Å². The van der Waals surface area contributed by atoms with E-state index in [2.05, 4.69) is 0 Å². The highest BCUT2D eigenvalue weighted by Crippen LogP contribution is 2.98. The minimum atomic E-state index is -9.39. The number of hydrogen-bond donors (Lipinski definition) is 1. The maximum Gasteiger partial charge on any atom is 0.287 e. The van der Waals surface area contributed by atoms with Crippen LogP contribution >= 0.6 is 21.8 Å². The van der Waals surface area contributed by atoms with Crippen molar-refractivity contribution in [2.45, 2.75) is 11.8 Å². The molecule has 0 saturated heterocycles. The summed E-state index contributed by atoms with van der Waals surface area (Å²) in [4.78, 5) is 0. The molecular formula is C4H8ClF5OS. The molecule has 0 rings (SSSR count). The van der Waals surface area contributed by atoms with E-state index in [0.29, 0.717) is 0 Å². The van der Waals surface area contributed by atoms with Crippen LogP contribution in [-0.4, -0.2) is 22.8 Å². The third kappa shape index (κ3) is 8.35. The van der Waals surface area contributed by atoms with E-state index in [1.54, 1.807) is 0 Å². The number of aliphatic hydroxyl groups excluding tert-OH is 1. The lowest BCUT2D eigenvalue weighted by atomic mass is 10.3. The first kappa shape index (κ1) is 12.2. The number of hydrogen-bond acceptors (Lipinski definition) is 1. The van der Waals surface area contributed by atoms with Crippen LogP contribution in [-0.2, 0) is 0 Å². The molecule has 0 aliphatic rings. The molecule has 78 valence electrons. The van der Waals surface area contributed by atoms with Crippen LogP contribution in [0.4, 0.5) is 19.4 Å². The van der Waals surface area contributed by atoms with Crippen LogP contribution in [0.5, 0.6) is 0 Å². The van der Waals surface area contributed by atoms with Gasteiger partial charge < -0.3 is 5.11 Å². The van der Waals surface area contributed by atoms with Crippen molar-refractivity contribution < 1.29 is 24.5 Å². The predicted octanol–water partition coefficient (Wildman–Crippen LogP) is 3.27. The zero-order chi connectivity index (χ0) is 10.1. The number of alkyl halides is 1. The smallest absolute Gasteiger partial charge is 0.287 e. The van der Waals surface area contributed by atoms with Crippen molar-refractivity contribution in [2.75, 3.05) is 12.4 Å². The van der Waals surface area contributed by atoms with Crippen molar-refractivity contribution in [3.05, 3.63) is 0 Å². The Hall–Kier alpha value is 0.250. The molecule has 0 aliphatic carbocycles. The van der Waals surface area contributed by atoms with Gasteiger partial charge in [0.2, 0.25) is 0 Å². The zero-order valence-electron chi connectivity index (χ0n) is 5.82. The third-order valence-electron chi connectivity index (χ3n) is 0.938. The fourth-order valence-electron chi connectivity index (χ4n) is 0.565. The maximum atomic E-state index is 11.6. The van der Waals surface area contributed by atoms with Crippen LogP contribution in [0.2, 0.25) is 0 Å². The molecule has 0 spiro atoms. The quantitative estimate of drug-likeness (QED) is 0.585. The van der Waals surface area contributed by atoms with Crippen LogP contribution in [0.3, 0.4) is 0 Å². The van der Waals surface area contributed by atoms with Gasteiger partial charge in [0.25, 0.3) is 10.2 Å². The van der Waals surface area contributed by atoms with E-state index >= 15 is 0 Å². The van der Waals surface area contributed by atoms with Gasteiger partial charge in [-0.05, 0) is 6.42 Å². The number of halogens is 6. The number of aliphatic hydroxyl groups is 1. The highest BCUT2D eigenvalue weighted by molar-refractivity contribution is 8.45. The largest absolute Gasteiger partial charge is 0.396 e. The van der Waals surface area contributed by atoms with Gasteiger partial charge in [-0.15, -0.1) is 11.6 Å². The summed E-state index contributed by atoms with van der Waals surface area (Å²) in [6, 6.07) is 0. The Labute approximate surface area is 71.2 Å². The molecule has 1 nitrogen and oxygen atoms in total. The lowest BCUT2D eigenvalue weighted by Crippen LogP contribution is -2.20. The van der Waals surface area contributed by atoms with Crippen LogP contribution in [0.1, 0.15) is 6.42 Å². The first-order chi connectivity index (χ1) is 4.93. The summed E-state index contributed by atoms with van der Waals surface area (Å²) in [5.74, 6) is -2.32. The van der Waals surface area contributed by atoms with Gasteiger partial charge in [0.1, 0.15) is 5.75 Å². The molecule has 0 heterocycles. The molecule has 0 fully saturated rings. The molecule has 0 radical (unpaired) electrons. The molecule has 12 heavy (non-hydrogen) atoms. The second-order valence-electron chi connectivity index (χ2n) is 2.40. The molecule has 0 amide bonds.